The Bertz CT molecular complexity index is 826. The van der Waals surface area contributed by atoms with E-state index < -0.39 is 0 Å². The number of fused-ring (bicyclic) bond motifs is 1. The summed E-state index contributed by atoms with van der Waals surface area (Å²) in [6.45, 7) is 0.547. The Labute approximate surface area is 137 Å². The number of hydrogen-bond donors (Lipinski definition) is 0. The first-order chi connectivity index (χ1) is 11.1. The number of rotatable bonds is 5. The van der Waals surface area contributed by atoms with Gasteiger partial charge in [0.15, 0.2) is 0 Å². The highest BCUT2D eigenvalue weighted by atomic mass is 32.1. The van der Waals surface area contributed by atoms with Gasteiger partial charge in [-0.05, 0) is 24.3 Å². The molecule has 0 aliphatic heterocycles. The quantitative estimate of drug-likeness (QED) is 0.707. The minimum atomic E-state index is -0.335. The highest BCUT2D eigenvalue weighted by molar-refractivity contribution is 7.21. The zero-order chi connectivity index (χ0) is 16.4. The predicted molar refractivity (Wildman–Crippen MR) is 87.0 cm³/mol. The van der Waals surface area contributed by atoms with E-state index in [1.54, 1.807) is 30.3 Å². The normalized spacial score (nSPS) is 11.1. The van der Waals surface area contributed by atoms with Crippen LogP contribution >= 0.6 is 11.3 Å². The number of methoxy groups -OCH3 is 1. The number of benzene rings is 1. The molecule has 23 heavy (non-hydrogen) atoms. The Hall–Kier alpha value is -2.18. The average molecular weight is 333 g/mol. The molecule has 0 N–H and O–H groups in total. The molecule has 0 aliphatic rings. The SMILES string of the molecule is COCc1c(C(=O)N(C)Cc2ccco2)sc2cccc(F)c12. The lowest BCUT2D eigenvalue weighted by Crippen LogP contribution is -2.26. The van der Waals surface area contributed by atoms with Gasteiger partial charge in [0.1, 0.15) is 11.6 Å². The van der Waals surface area contributed by atoms with Gasteiger partial charge in [-0.2, -0.15) is 0 Å². The highest BCUT2D eigenvalue weighted by Gasteiger charge is 2.23. The van der Waals surface area contributed by atoms with E-state index in [-0.39, 0.29) is 18.3 Å². The van der Waals surface area contributed by atoms with Crippen molar-refractivity contribution in [1.29, 1.82) is 0 Å². The maximum Gasteiger partial charge on any atom is 0.264 e. The van der Waals surface area contributed by atoms with Crippen molar-refractivity contribution in [3.05, 3.63) is 58.6 Å². The van der Waals surface area contributed by atoms with Crippen molar-refractivity contribution in [3.8, 4) is 0 Å². The molecule has 120 valence electrons. The summed E-state index contributed by atoms with van der Waals surface area (Å²) in [6.07, 6.45) is 1.57. The maximum absolute atomic E-state index is 14.2. The van der Waals surface area contributed by atoms with Crippen LogP contribution in [0.25, 0.3) is 10.1 Å². The molecule has 1 aromatic carbocycles. The third-order valence-corrected chi connectivity index (χ3v) is 4.75. The lowest BCUT2D eigenvalue weighted by atomic mass is 10.1. The Kier molecular flexibility index (Phi) is 4.45. The Balaban J connectivity index is 1.99. The van der Waals surface area contributed by atoms with E-state index in [4.69, 9.17) is 9.15 Å². The highest BCUT2D eigenvalue weighted by Crippen LogP contribution is 2.34. The fourth-order valence-corrected chi connectivity index (χ4v) is 3.72. The molecule has 0 unspecified atom stereocenters. The van der Waals surface area contributed by atoms with Crippen LogP contribution in [0, 0.1) is 5.82 Å². The van der Waals surface area contributed by atoms with Crippen LogP contribution in [-0.2, 0) is 17.9 Å². The van der Waals surface area contributed by atoms with Gasteiger partial charge >= 0.3 is 0 Å². The van der Waals surface area contributed by atoms with Gasteiger partial charge in [-0.15, -0.1) is 11.3 Å². The van der Waals surface area contributed by atoms with Gasteiger partial charge in [0.25, 0.3) is 5.91 Å². The van der Waals surface area contributed by atoms with E-state index in [1.807, 2.05) is 12.1 Å². The molecule has 0 aliphatic carbocycles. The fraction of sp³-hybridized carbons (Fsp3) is 0.235. The third kappa shape index (κ3) is 3.00. The Morgan fingerprint density at radius 3 is 2.87 bits per heavy atom. The number of carbonyl (C=O) groups is 1. The molecule has 3 aromatic rings. The van der Waals surface area contributed by atoms with Crippen LogP contribution in [0.2, 0.25) is 0 Å². The van der Waals surface area contributed by atoms with Crippen LogP contribution in [0.1, 0.15) is 21.0 Å². The van der Waals surface area contributed by atoms with Crippen LogP contribution in [-0.4, -0.2) is 25.0 Å². The second-order valence-corrected chi connectivity index (χ2v) is 6.25. The minimum absolute atomic E-state index is 0.172. The standard InChI is InChI=1S/C17H16FNO3S/c1-19(9-11-5-4-8-22-11)17(20)16-12(10-21-2)15-13(18)6-3-7-14(15)23-16/h3-8H,9-10H2,1-2H3. The Morgan fingerprint density at radius 2 is 2.17 bits per heavy atom. The summed E-state index contributed by atoms with van der Waals surface area (Å²) in [5, 5.41) is 0.467. The second kappa shape index (κ2) is 6.52. The molecule has 0 saturated carbocycles. The number of furan rings is 1. The average Bonchev–Trinajstić information content (AvgIpc) is 3.15. The van der Waals surface area contributed by atoms with Crippen molar-refractivity contribution in [1.82, 2.24) is 4.90 Å². The summed E-state index contributed by atoms with van der Waals surface area (Å²) in [4.78, 5) is 14.8. The number of ether oxygens (including phenoxy) is 1. The predicted octanol–water partition coefficient (Wildman–Crippen LogP) is 4.05. The number of halogens is 1. The van der Waals surface area contributed by atoms with Gasteiger partial charge in [-0.25, -0.2) is 4.39 Å². The molecular formula is C17H16FNO3S. The summed E-state index contributed by atoms with van der Waals surface area (Å²) >= 11 is 1.29. The maximum atomic E-state index is 14.2. The third-order valence-electron chi connectivity index (χ3n) is 3.57. The summed E-state index contributed by atoms with van der Waals surface area (Å²) < 4.78 is 25.4. The molecule has 4 nitrogen and oxygen atoms in total. The fourth-order valence-electron chi connectivity index (χ4n) is 2.50. The van der Waals surface area contributed by atoms with Gasteiger partial charge in [-0.3, -0.25) is 4.79 Å². The zero-order valence-electron chi connectivity index (χ0n) is 12.8. The number of hydrogen-bond acceptors (Lipinski definition) is 4. The van der Waals surface area contributed by atoms with Crippen LogP contribution in [0.3, 0.4) is 0 Å². The molecule has 0 spiro atoms. The first-order valence-electron chi connectivity index (χ1n) is 7.08. The van der Waals surface area contributed by atoms with E-state index >= 15 is 0 Å². The monoisotopic (exact) mass is 333 g/mol. The summed E-state index contributed by atoms with van der Waals surface area (Å²) in [5.74, 6) is 0.189. The van der Waals surface area contributed by atoms with Crippen molar-refractivity contribution in [3.63, 3.8) is 0 Å². The lowest BCUT2D eigenvalue weighted by Gasteiger charge is -2.15. The zero-order valence-corrected chi connectivity index (χ0v) is 13.7. The van der Waals surface area contributed by atoms with Crippen LogP contribution < -0.4 is 0 Å². The second-order valence-electron chi connectivity index (χ2n) is 5.20. The topological polar surface area (TPSA) is 42.7 Å². The van der Waals surface area contributed by atoms with Gasteiger partial charge < -0.3 is 14.1 Å². The Morgan fingerprint density at radius 1 is 1.35 bits per heavy atom. The van der Waals surface area contributed by atoms with E-state index in [2.05, 4.69) is 0 Å². The summed E-state index contributed by atoms with van der Waals surface area (Å²) in [7, 11) is 3.23. The molecule has 3 rings (SSSR count). The first-order valence-corrected chi connectivity index (χ1v) is 7.90. The summed E-state index contributed by atoms with van der Waals surface area (Å²) in [5.41, 5.74) is 0.599. The van der Waals surface area contributed by atoms with E-state index in [0.717, 1.165) is 4.70 Å². The number of thiophene rings is 1. The molecule has 0 saturated heterocycles. The van der Waals surface area contributed by atoms with E-state index in [0.29, 0.717) is 28.1 Å². The van der Waals surface area contributed by atoms with Crippen molar-refractivity contribution < 1.29 is 18.3 Å². The van der Waals surface area contributed by atoms with Crippen LogP contribution in [0.15, 0.2) is 41.0 Å². The summed E-state index contributed by atoms with van der Waals surface area (Å²) in [6, 6.07) is 8.44. The van der Waals surface area contributed by atoms with Crippen molar-refractivity contribution in [2.24, 2.45) is 0 Å². The number of nitrogens with zero attached hydrogens (tertiary/aromatic N) is 1. The van der Waals surface area contributed by atoms with Gasteiger partial charge in [-0.1, -0.05) is 6.07 Å². The first kappa shape index (κ1) is 15.7. The minimum Gasteiger partial charge on any atom is -0.467 e. The number of carbonyl (C=O) groups excluding carboxylic acids is 1. The van der Waals surface area contributed by atoms with Crippen molar-refractivity contribution >= 4 is 27.3 Å². The molecule has 0 atom stereocenters. The van der Waals surface area contributed by atoms with Gasteiger partial charge in [0.2, 0.25) is 0 Å². The van der Waals surface area contributed by atoms with Crippen LogP contribution in [0.5, 0.6) is 0 Å². The van der Waals surface area contributed by atoms with Gasteiger partial charge in [0.05, 0.1) is 24.3 Å². The molecule has 6 heteroatoms. The van der Waals surface area contributed by atoms with Crippen LogP contribution in [0.4, 0.5) is 4.39 Å². The van der Waals surface area contributed by atoms with Gasteiger partial charge in [0, 0.05) is 29.8 Å². The lowest BCUT2D eigenvalue weighted by molar-refractivity contribution is 0.0776. The number of amides is 1. The van der Waals surface area contributed by atoms with E-state index in [1.165, 1.54) is 24.5 Å². The molecule has 1 amide bonds. The van der Waals surface area contributed by atoms with E-state index in [9.17, 15) is 9.18 Å². The molecular weight excluding hydrogens is 317 g/mol. The molecule has 0 fully saturated rings. The molecule has 0 radical (unpaired) electrons. The largest absolute Gasteiger partial charge is 0.467 e. The van der Waals surface area contributed by atoms with Crippen molar-refractivity contribution in [2.75, 3.05) is 14.2 Å². The molecule has 2 aromatic heterocycles. The molecule has 0 bridgehead atoms. The molecule has 2 heterocycles. The smallest absolute Gasteiger partial charge is 0.264 e. The van der Waals surface area contributed by atoms with Crippen molar-refractivity contribution in [2.45, 2.75) is 13.2 Å².